The normalized spacial score (nSPS) is 13.8. The zero-order chi connectivity index (χ0) is 38.7. The monoisotopic (exact) mass is 716 g/mol. The van der Waals surface area contributed by atoms with Crippen LogP contribution in [-0.2, 0) is 11.2 Å². The minimum Gasteiger partial charge on any atom is -0.384 e. The molecule has 0 spiro atoms. The molecule has 2 atom stereocenters. The number of rotatable bonds is 17. The van der Waals surface area contributed by atoms with E-state index in [4.69, 9.17) is 0 Å². The quantitative estimate of drug-likeness (QED) is 0.0364. The first-order valence-electron chi connectivity index (χ1n) is 19.3. The molecule has 6 nitrogen and oxygen atoms in total. The van der Waals surface area contributed by atoms with Crippen LogP contribution in [0.3, 0.4) is 0 Å². The van der Waals surface area contributed by atoms with E-state index >= 15 is 0 Å². The van der Waals surface area contributed by atoms with Gasteiger partial charge in [-0.2, -0.15) is 0 Å². The van der Waals surface area contributed by atoms with Gasteiger partial charge in [-0.15, -0.1) is 5.73 Å². The number of aromatic nitrogens is 1. The Balaban J connectivity index is 0.000000278. The highest BCUT2D eigenvalue weighted by Crippen LogP contribution is 2.33. The van der Waals surface area contributed by atoms with E-state index in [1.54, 1.807) is 12.6 Å². The standard InChI is InChI=1S/C18H26.C16H19N3O.C13H20N2/c1-3-15(13-16-9-8-10-16)14-17(4-2)18-11-6-5-7-12-18;1-4-5-11-19(3)16(14-9-7-6-8-10-14)18-12-15(13-20)17-2;1-4-5-12-6-7-15-10-13(12)8-11(2)9-14-3/h5-7,11-13,15,17H,3-4,8-10,14H2,1-2H3;5-10,12-13,17H,1,11H2,2-3H3;6-8,10,14H,4-5,9H2,1-3H3/b;15-12+,18-16?;11-8+. The fourth-order valence-corrected chi connectivity index (χ4v) is 6.07. The lowest BCUT2D eigenvalue weighted by Crippen LogP contribution is -2.27. The zero-order valence-corrected chi connectivity index (χ0v) is 33.6. The molecule has 1 fully saturated rings. The van der Waals surface area contributed by atoms with Crippen LogP contribution in [0.2, 0.25) is 0 Å². The van der Waals surface area contributed by atoms with Crippen molar-refractivity contribution < 1.29 is 4.79 Å². The number of aliphatic imine (C=N–C) groups is 1. The van der Waals surface area contributed by atoms with E-state index in [1.807, 2.05) is 67.8 Å². The molecule has 6 heteroatoms. The van der Waals surface area contributed by atoms with Crippen LogP contribution in [0.5, 0.6) is 0 Å². The molecule has 53 heavy (non-hydrogen) atoms. The molecule has 2 N–H and O–H groups in total. The van der Waals surface area contributed by atoms with Crippen LogP contribution in [0.1, 0.15) is 101 Å². The van der Waals surface area contributed by atoms with E-state index in [1.165, 1.54) is 73.4 Å². The fraction of sp³-hybridized carbons (Fsp3) is 0.404. The number of hydrogen-bond acceptors (Lipinski definition) is 5. The summed E-state index contributed by atoms with van der Waals surface area (Å²) in [5.41, 5.74) is 11.4. The lowest BCUT2D eigenvalue weighted by Gasteiger charge is -2.23. The number of amidine groups is 1. The third-order valence-corrected chi connectivity index (χ3v) is 9.31. The van der Waals surface area contributed by atoms with Gasteiger partial charge in [0, 0.05) is 45.1 Å². The van der Waals surface area contributed by atoms with Crippen LogP contribution in [0, 0.1) is 5.92 Å². The summed E-state index contributed by atoms with van der Waals surface area (Å²) in [5.74, 6) is 2.28. The number of nitrogens with one attached hydrogen (secondary N) is 2. The molecule has 284 valence electrons. The van der Waals surface area contributed by atoms with Crippen molar-refractivity contribution in [1.29, 1.82) is 0 Å². The van der Waals surface area contributed by atoms with Gasteiger partial charge in [0.1, 0.15) is 5.84 Å². The molecule has 2 aromatic carbocycles. The molecule has 0 radical (unpaired) electrons. The first-order chi connectivity index (χ1) is 25.8. The number of carbonyl (C=O) groups is 1. The number of likely N-dealkylation sites (N-methyl/N-ethyl adjacent to an activating group) is 3. The number of pyridine rings is 1. The summed E-state index contributed by atoms with van der Waals surface area (Å²) in [6.45, 7) is 14.1. The molecule has 0 saturated heterocycles. The number of hydrogen-bond donors (Lipinski definition) is 2. The highest BCUT2D eigenvalue weighted by molar-refractivity contribution is 5.99. The smallest absolute Gasteiger partial charge is 0.167 e. The van der Waals surface area contributed by atoms with Crippen molar-refractivity contribution in [3.05, 3.63) is 149 Å². The minimum absolute atomic E-state index is 0.422. The van der Waals surface area contributed by atoms with E-state index < -0.39 is 0 Å². The topological polar surface area (TPSA) is 69.6 Å². The fourth-order valence-electron chi connectivity index (χ4n) is 6.07. The SMILES string of the molecule is C=C=CCN(C)C(=N/C=C(\C=O)NC)c1ccccc1.CCC(C=C1CCC1)CC(CC)c1ccccc1.CCCc1ccncc1/C=C(\C)CNC. The van der Waals surface area contributed by atoms with E-state index in [9.17, 15) is 4.79 Å². The van der Waals surface area contributed by atoms with Crippen molar-refractivity contribution in [1.82, 2.24) is 20.5 Å². The van der Waals surface area contributed by atoms with Gasteiger partial charge in [0.05, 0.1) is 11.9 Å². The lowest BCUT2D eigenvalue weighted by atomic mass is 9.82. The molecular formula is C47H65N5O. The maximum atomic E-state index is 10.8. The van der Waals surface area contributed by atoms with Gasteiger partial charge in [-0.1, -0.05) is 118 Å². The first-order valence-corrected chi connectivity index (χ1v) is 19.3. The largest absolute Gasteiger partial charge is 0.384 e. The summed E-state index contributed by atoms with van der Waals surface area (Å²) in [6.07, 6.45) is 23.0. The Morgan fingerprint density at radius 3 is 2.26 bits per heavy atom. The Bertz CT molecular complexity index is 1630. The average Bonchev–Trinajstić information content (AvgIpc) is 3.17. The summed E-state index contributed by atoms with van der Waals surface area (Å²) < 4.78 is 0. The predicted octanol–water partition coefficient (Wildman–Crippen LogP) is 10.3. The van der Waals surface area contributed by atoms with Gasteiger partial charge in [0.2, 0.25) is 0 Å². The zero-order valence-electron chi connectivity index (χ0n) is 33.6. The number of benzene rings is 2. The van der Waals surface area contributed by atoms with E-state index in [-0.39, 0.29) is 0 Å². The Kier molecular flexibility index (Phi) is 22.6. The van der Waals surface area contributed by atoms with Crippen molar-refractivity contribution in [2.24, 2.45) is 10.9 Å². The average molecular weight is 716 g/mol. The number of aryl methyl sites for hydroxylation is 1. The second-order valence-corrected chi connectivity index (χ2v) is 13.5. The molecule has 4 rings (SSSR count). The van der Waals surface area contributed by atoms with Crippen molar-refractivity contribution in [2.45, 2.75) is 85.0 Å². The number of nitrogens with zero attached hydrogens (tertiary/aromatic N) is 3. The van der Waals surface area contributed by atoms with Gasteiger partial charge in [-0.05, 0) is 99.6 Å². The molecule has 1 aliphatic carbocycles. The molecular weight excluding hydrogens is 651 g/mol. The van der Waals surface area contributed by atoms with Crippen LogP contribution in [0.25, 0.3) is 6.08 Å². The molecule has 1 aromatic heterocycles. The van der Waals surface area contributed by atoms with E-state index in [0.717, 1.165) is 42.5 Å². The number of allylic oxidation sites excluding steroid dienone is 3. The van der Waals surface area contributed by atoms with Crippen LogP contribution < -0.4 is 10.6 Å². The van der Waals surface area contributed by atoms with Crippen LogP contribution >= 0.6 is 0 Å². The Labute approximate surface area is 321 Å². The molecule has 3 aromatic rings. The Morgan fingerprint density at radius 1 is 1.02 bits per heavy atom. The second-order valence-electron chi connectivity index (χ2n) is 13.5. The van der Waals surface area contributed by atoms with Crippen LogP contribution in [0.4, 0.5) is 0 Å². The van der Waals surface area contributed by atoms with Crippen molar-refractivity contribution in [2.75, 3.05) is 34.2 Å². The van der Waals surface area contributed by atoms with Crippen molar-refractivity contribution in [3.8, 4) is 0 Å². The van der Waals surface area contributed by atoms with Gasteiger partial charge < -0.3 is 15.5 Å². The second kappa shape index (κ2) is 26.9. The van der Waals surface area contributed by atoms with E-state index in [2.05, 4.69) is 109 Å². The van der Waals surface area contributed by atoms with Gasteiger partial charge in [0.25, 0.3) is 0 Å². The minimum atomic E-state index is 0.422. The maximum absolute atomic E-state index is 10.8. The first kappa shape index (κ1) is 44.4. The summed E-state index contributed by atoms with van der Waals surface area (Å²) in [7, 11) is 5.57. The van der Waals surface area contributed by atoms with Crippen molar-refractivity contribution in [3.63, 3.8) is 0 Å². The Hall–Kier alpha value is -4.77. The van der Waals surface area contributed by atoms with E-state index in [0.29, 0.717) is 12.2 Å². The van der Waals surface area contributed by atoms with Gasteiger partial charge in [0.15, 0.2) is 6.29 Å². The van der Waals surface area contributed by atoms with Gasteiger partial charge >= 0.3 is 0 Å². The third kappa shape index (κ3) is 17.1. The summed E-state index contributed by atoms with van der Waals surface area (Å²) in [5, 5.41) is 5.93. The molecule has 2 unspecified atom stereocenters. The predicted molar refractivity (Wildman–Crippen MR) is 228 cm³/mol. The summed E-state index contributed by atoms with van der Waals surface area (Å²) in [4.78, 5) is 21.3. The van der Waals surface area contributed by atoms with Gasteiger partial charge in [-0.25, -0.2) is 4.99 Å². The lowest BCUT2D eigenvalue weighted by molar-refractivity contribution is -0.105. The van der Waals surface area contributed by atoms with Crippen molar-refractivity contribution >= 4 is 18.2 Å². The molecule has 0 amide bonds. The molecule has 1 heterocycles. The Morgan fingerprint density at radius 2 is 1.72 bits per heavy atom. The van der Waals surface area contributed by atoms with Gasteiger partial charge in [-0.3, -0.25) is 9.78 Å². The van der Waals surface area contributed by atoms with Crippen LogP contribution in [0.15, 0.2) is 132 Å². The highest BCUT2D eigenvalue weighted by Gasteiger charge is 2.16. The highest BCUT2D eigenvalue weighted by atomic mass is 16.1. The maximum Gasteiger partial charge on any atom is 0.167 e. The summed E-state index contributed by atoms with van der Waals surface area (Å²) >= 11 is 0. The number of aldehydes is 1. The molecule has 0 aliphatic heterocycles. The molecule has 0 bridgehead atoms. The molecule has 1 saturated carbocycles. The third-order valence-electron chi connectivity index (χ3n) is 9.31. The molecule has 1 aliphatic rings. The summed E-state index contributed by atoms with van der Waals surface area (Å²) in [6, 6.07) is 22.9. The van der Waals surface area contributed by atoms with Crippen LogP contribution in [-0.4, -0.2) is 56.2 Å². The number of carbonyl (C=O) groups excluding carboxylic acids is 1.